The topological polar surface area (TPSA) is 151 Å². The number of rotatable bonds is 4. The van der Waals surface area contributed by atoms with E-state index in [-0.39, 0.29) is 11.8 Å². The number of hydrogen-bond donors (Lipinski definition) is 3. The van der Waals surface area contributed by atoms with Crippen LogP contribution in [0, 0.1) is 5.92 Å². The Hall–Kier alpha value is -2.63. The molecule has 4 aliphatic rings. The Morgan fingerprint density at radius 3 is 2.42 bits per heavy atom. The zero-order valence-electron chi connectivity index (χ0n) is 23.9. The van der Waals surface area contributed by atoms with Gasteiger partial charge in [-0.15, -0.1) is 0 Å². The van der Waals surface area contributed by atoms with E-state index in [2.05, 4.69) is 15.4 Å². The highest BCUT2D eigenvalue weighted by atomic mass is 32.2. The number of sulfonamides is 1. The third-order valence-corrected chi connectivity index (χ3v) is 10.1. The molecular formula is C28H44N4O7S. The van der Waals surface area contributed by atoms with Gasteiger partial charge in [0.2, 0.25) is 21.8 Å². The first-order chi connectivity index (χ1) is 18.8. The smallest absolute Gasteiger partial charge is 0.408 e. The second-order valence-corrected chi connectivity index (χ2v) is 14.6. The number of carbonyl (C=O) groups is 4. The van der Waals surface area contributed by atoms with Gasteiger partial charge in [-0.25, -0.2) is 13.2 Å². The van der Waals surface area contributed by atoms with Crippen LogP contribution in [0.1, 0.15) is 97.8 Å². The summed E-state index contributed by atoms with van der Waals surface area (Å²) in [6, 6.07) is -1.66. The number of allylic oxidation sites excluding steroid dienone is 1. The van der Waals surface area contributed by atoms with Gasteiger partial charge in [0.15, 0.2) is 0 Å². The minimum absolute atomic E-state index is 0.296. The van der Waals surface area contributed by atoms with Crippen LogP contribution in [-0.4, -0.2) is 72.2 Å². The minimum atomic E-state index is -3.85. The Morgan fingerprint density at radius 2 is 1.73 bits per heavy atom. The van der Waals surface area contributed by atoms with Gasteiger partial charge in [-0.1, -0.05) is 37.8 Å². The summed E-state index contributed by atoms with van der Waals surface area (Å²) < 4.78 is 33.5. The Bertz CT molecular complexity index is 1130. The highest BCUT2D eigenvalue weighted by Gasteiger charge is 2.61. The second-order valence-electron chi connectivity index (χ2n) is 12.6. The summed E-state index contributed by atoms with van der Waals surface area (Å²) in [5, 5.41) is 4.97. The first kappa shape index (κ1) is 30.3. The molecule has 2 aliphatic carbocycles. The maximum Gasteiger partial charge on any atom is 0.408 e. The van der Waals surface area contributed by atoms with Crippen molar-refractivity contribution in [3.05, 3.63) is 12.2 Å². The fraction of sp³-hybridized carbons (Fsp3) is 0.786. The van der Waals surface area contributed by atoms with E-state index in [1.807, 2.05) is 12.2 Å². The summed E-state index contributed by atoms with van der Waals surface area (Å²) in [6.45, 7) is 5.59. The van der Waals surface area contributed by atoms with Crippen molar-refractivity contribution in [2.24, 2.45) is 5.92 Å². The number of ether oxygens (including phenoxy) is 1. The Morgan fingerprint density at radius 1 is 1.02 bits per heavy atom. The van der Waals surface area contributed by atoms with Crippen molar-refractivity contribution in [3.63, 3.8) is 0 Å². The molecule has 0 spiro atoms. The lowest BCUT2D eigenvalue weighted by atomic mass is 10.0. The molecule has 0 aromatic carbocycles. The third-order valence-electron chi connectivity index (χ3n) is 8.30. The van der Waals surface area contributed by atoms with E-state index in [9.17, 15) is 27.6 Å². The summed E-state index contributed by atoms with van der Waals surface area (Å²) in [4.78, 5) is 54.7. The molecule has 3 fully saturated rings. The number of alkyl carbamates (subject to hydrolysis) is 1. The van der Waals surface area contributed by atoms with Crippen LogP contribution >= 0.6 is 0 Å². The zero-order valence-corrected chi connectivity index (χ0v) is 24.7. The molecule has 224 valence electrons. The number of nitrogens with zero attached hydrogens (tertiary/aromatic N) is 1. The Kier molecular flexibility index (Phi) is 9.16. The summed E-state index contributed by atoms with van der Waals surface area (Å²) >= 11 is 0. The Balaban J connectivity index is 1.54. The maximum absolute atomic E-state index is 13.7. The van der Waals surface area contributed by atoms with E-state index in [4.69, 9.17) is 4.74 Å². The van der Waals surface area contributed by atoms with Crippen LogP contribution in [0.4, 0.5) is 4.79 Å². The van der Waals surface area contributed by atoms with Gasteiger partial charge in [0, 0.05) is 12.5 Å². The summed E-state index contributed by atoms with van der Waals surface area (Å²) in [5.74, 6) is -1.88. The van der Waals surface area contributed by atoms with Gasteiger partial charge in [-0.2, -0.15) is 0 Å². The van der Waals surface area contributed by atoms with E-state index >= 15 is 0 Å². The van der Waals surface area contributed by atoms with E-state index in [1.165, 1.54) is 4.90 Å². The standard InChI is InChI=1S/C28H44N4O7S/c1-27(2,3)39-26(36)29-21-15-8-6-4-5-7-12-19-18-28(19,25(35)31-40(37,38)20-13-9-10-14-20)30-23(33)22-16-11-17-32(22)24(21)34/h7,12,19-22H,4-6,8-11,13-18H2,1-3H3,(H,29,36)(H,30,33)(H,31,35)/t19-,21+,22+,28-/m1/s1. The molecule has 3 N–H and O–H groups in total. The van der Waals surface area contributed by atoms with E-state index < -0.39 is 56.4 Å². The lowest BCUT2D eigenvalue weighted by Gasteiger charge is -2.30. The number of amides is 4. The van der Waals surface area contributed by atoms with Crippen molar-refractivity contribution < 1.29 is 32.3 Å². The largest absolute Gasteiger partial charge is 0.444 e. The highest BCUT2D eigenvalue weighted by Crippen LogP contribution is 2.46. The molecule has 2 heterocycles. The summed E-state index contributed by atoms with van der Waals surface area (Å²) in [7, 11) is -3.85. The van der Waals surface area contributed by atoms with Gasteiger partial charge in [0.1, 0.15) is 23.2 Å². The van der Waals surface area contributed by atoms with Crippen LogP contribution in [-0.2, 0) is 29.1 Å². The number of fused-ring (bicyclic) bond motifs is 2. The van der Waals surface area contributed by atoms with Gasteiger partial charge in [-0.05, 0) is 72.1 Å². The minimum Gasteiger partial charge on any atom is -0.444 e. The van der Waals surface area contributed by atoms with E-state index in [0.29, 0.717) is 51.5 Å². The van der Waals surface area contributed by atoms with Gasteiger partial charge in [0.25, 0.3) is 5.91 Å². The van der Waals surface area contributed by atoms with Gasteiger partial charge in [0.05, 0.1) is 5.25 Å². The zero-order chi connectivity index (χ0) is 29.1. The van der Waals surface area contributed by atoms with Crippen LogP contribution in [0.25, 0.3) is 0 Å². The molecule has 11 nitrogen and oxygen atoms in total. The Labute approximate surface area is 237 Å². The molecule has 4 rings (SSSR count). The van der Waals surface area contributed by atoms with Gasteiger partial charge >= 0.3 is 6.09 Å². The van der Waals surface area contributed by atoms with Crippen molar-refractivity contribution in [1.82, 2.24) is 20.3 Å². The third kappa shape index (κ3) is 7.16. The number of nitrogens with one attached hydrogen (secondary N) is 3. The van der Waals surface area contributed by atoms with Crippen LogP contribution in [0.15, 0.2) is 12.2 Å². The first-order valence-electron chi connectivity index (χ1n) is 14.7. The van der Waals surface area contributed by atoms with Crippen molar-refractivity contribution in [2.75, 3.05) is 6.54 Å². The maximum atomic E-state index is 13.7. The molecule has 0 bridgehead atoms. The highest BCUT2D eigenvalue weighted by molar-refractivity contribution is 7.90. The van der Waals surface area contributed by atoms with Crippen molar-refractivity contribution in [1.29, 1.82) is 0 Å². The predicted molar refractivity (Wildman–Crippen MR) is 148 cm³/mol. The molecule has 2 saturated carbocycles. The average Bonchev–Trinajstić information content (AvgIpc) is 3.25. The van der Waals surface area contributed by atoms with Crippen LogP contribution in [0.3, 0.4) is 0 Å². The van der Waals surface area contributed by atoms with E-state index in [0.717, 1.165) is 32.1 Å². The first-order valence-corrected chi connectivity index (χ1v) is 16.2. The molecule has 0 radical (unpaired) electrons. The quantitative estimate of drug-likeness (QED) is 0.433. The molecule has 2 aliphatic heterocycles. The molecular weight excluding hydrogens is 536 g/mol. The van der Waals surface area contributed by atoms with Crippen molar-refractivity contribution in [3.8, 4) is 0 Å². The molecule has 0 aromatic rings. The molecule has 0 aromatic heterocycles. The molecule has 4 atom stereocenters. The van der Waals surface area contributed by atoms with Gasteiger partial charge < -0.3 is 20.3 Å². The molecule has 40 heavy (non-hydrogen) atoms. The van der Waals surface area contributed by atoms with Crippen LogP contribution in [0.2, 0.25) is 0 Å². The molecule has 12 heteroatoms. The fourth-order valence-corrected chi connectivity index (χ4v) is 7.61. The van der Waals surface area contributed by atoms with Crippen molar-refractivity contribution >= 4 is 33.8 Å². The molecule has 0 unspecified atom stereocenters. The number of carbonyl (C=O) groups excluding carboxylic acids is 4. The van der Waals surface area contributed by atoms with Crippen LogP contribution < -0.4 is 15.4 Å². The molecule has 4 amide bonds. The summed E-state index contributed by atoms with van der Waals surface area (Å²) in [6.07, 6.45) is 10.7. The lowest BCUT2D eigenvalue weighted by molar-refractivity contribution is -0.141. The lowest BCUT2D eigenvalue weighted by Crippen LogP contribution is -2.58. The second kappa shape index (κ2) is 12.1. The van der Waals surface area contributed by atoms with Crippen molar-refractivity contribution in [2.45, 2.75) is 126 Å². The average molecular weight is 581 g/mol. The predicted octanol–water partition coefficient (Wildman–Crippen LogP) is 2.65. The normalized spacial score (nSPS) is 30.4. The fourth-order valence-electron chi connectivity index (χ4n) is 6.05. The molecule has 1 saturated heterocycles. The monoisotopic (exact) mass is 580 g/mol. The van der Waals surface area contributed by atoms with Gasteiger partial charge in [-0.3, -0.25) is 19.1 Å². The van der Waals surface area contributed by atoms with Crippen LogP contribution in [0.5, 0.6) is 0 Å². The summed E-state index contributed by atoms with van der Waals surface area (Å²) in [5.41, 5.74) is -2.10. The van der Waals surface area contributed by atoms with E-state index in [1.54, 1.807) is 20.8 Å². The SMILES string of the molecule is CC(C)(C)OC(=O)N[C@H]1CCCCCC=C[C@@H]2C[C@@]2(C(=O)NS(=O)(=O)C2CCCC2)NC(=O)[C@@H]2CCCN2C1=O. The number of hydrogen-bond acceptors (Lipinski definition) is 7.